The van der Waals surface area contributed by atoms with Crippen molar-refractivity contribution in [2.75, 3.05) is 0 Å². The van der Waals surface area contributed by atoms with Crippen LogP contribution in [-0.4, -0.2) is 15.3 Å². The van der Waals surface area contributed by atoms with Gasteiger partial charge in [0.2, 0.25) is 0 Å². The number of hydrogen-bond acceptors (Lipinski definition) is 3. The van der Waals surface area contributed by atoms with Crippen molar-refractivity contribution < 1.29 is 9.18 Å². The van der Waals surface area contributed by atoms with Crippen molar-refractivity contribution in [2.45, 2.75) is 6.54 Å². The van der Waals surface area contributed by atoms with Crippen molar-refractivity contribution in [2.24, 2.45) is 0 Å². The Hall–Kier alpha value is -2.53. The minimum absolute atomic E-state index is 0.167. The van der Waals surface area contributed by atoms with E-state index in [4.69, 9.17) is 11.6 Å². The first-order valence-corrected chi connectivity index (χ1v) is 6.86. The molecule has 0 aliphatic carbocycles. The molecule has 0 aliphatic rings. The SMILES string of the molecule is O=C(Cn1cnc2ccc(Cl)cc2c1=O)c1ccc(F)cc1. The summed E-state index contributed by atoms with van der Waals surface area (Å²) in [5.41, 5.74) is 0.502. The Morgan fingerprint density at radius 1 is 1.18 bits per heavy atom. The summed E-state index contributed by atoms with van der Waals surface area (Å²) >= 11 is 5.88. The molecule has 2 aromatic carbocycles. The summed E-state index contributed by atoms with van der Waals surface area (Å²) < 4.78 is 14.1. The molecule has 0 aliphatic heterocycles. The van der Waals surface area contributed by atoms with Gasteiger partial charge in [0.05, 0.1) is 23.8 Å². The highest BCUT2D eigenvalue weighted by Gasteiger charge is 2.10. The Morgan fingerprint density at radius 3 is 2.64 bits per heavy atom. The van der Waals surface area contributed by atoms with Crippen LogP contribution in [0.25, 0.3) is 10.9 Å². The molecule has 0 radical (unpaired) electrons. The number of fused-ring (bicyclic) bond motifs is 1. The van der Waals surface area contributed by atoms with E-state index in [1.165, 1.54) is 41.2 Å². The molecule has 0 unspecified atom stereocenters. The average Bonchev–Trinajstić information content (AvgIpc) is 2.51. The van der Waals surface area contributed by atoms with E-state index in [0.717, 1.165) is 0 Å². The molecular weight excluding hydrogens is 307 g/mol. The summed E-state index contributed by atoms with van der Waals surface area (Å²) in [5, 5.41) is 0.774. The number of halogens is 2. The highest BCUT2D eigenvalue weighted by molar-refractivity contribution is 6.31. The molecule has 0 bridgehead atoms. The molecule has 0 spiro atoms. The number of carbonyl (C=O) groups is 1. The van der Waals surface area contributed by atoms with E-state index in [2.05, 4.69) is 4.98 Å². The Labute approximate surface area is 129 Å². The minimum Gasteiger partial charge on any atom is -0.292 e. The molecule has 0 amide bonds. The second-order valence-electron chi connectivity index (χ2n) is 4.77. The first-order chi connectivity index (χ1) is 10.5. The van der Waals surface area contributed by atoms with Gasteiger partial charge in [-0.3, -0.25) is 14.2 Å². The number of rotatable bonds is 3. The monoisotopic (exact) mass is 316 g/mol. The lowest BCUT2D eigenvalue weighted by Gasteiger charge is -2.06. The maximum atomic E-state index is 12.9. The fourth-order valence-corrected chi connectivity index (χ4v) is 2.30. The predicted octanol–water partition coefficient (Wildman–Crippen LogP) is 3.07. The maximum Gasteiger partial charge on any atom is 0.261 e. The molecule has 110 valence electrons. The van der Waals surface area contributed by atoms with Crippen LogP contribution in [0.4, 0.5) is 4.39 Å². The van der Waals surface area contributed by atoms with Crippen LogP contribution in [0, 0.1) is 5.82 Å². The standard InChI is InChI=1S/C16H10ClFN2O2/c17-11-3-6-14-13(7-11)16(22)20(9-19-14)8-15(21)10-1-4-12(18)5-2-10/h1-7,9H,8H2. The quantitative estimate of drug-likeness (QED) is 0.698. The lowest BCUT2D eigenvalue weighted by molar-refractivity contribution is 0.0970. The maximum absolute atomic E-state index is 12.9. The summed E-state index contributed by atoms with van der Waals surface area (Å²) in [6.45, 7) is -0.167. The molecule has 3 aromatic rings. The third-order valence-corrected chi connectivity index (χ3v) is 3.50. The van der Waals surface area contributed by atoms with Gasteiger partial charge < -0.3 is 0 Å². The number of Topliss-reactive ketones (excluding diaryl/α,β-unsaturated/α-hetero) is 1. The van der Waals surface area contributed by atoms with Crippen LogP contribution < -0.4 is 5.56 Å². The Bertz CT molecular complexity index is 920. The van der Waals surface area contributed by atoms with Crippen molar-refractivity contribution in [3.8, 4) is 0 Å². The molecule has 22 heavy (non-hydrogen) atoms. The zero-order chi connectivity index (χ0) is 15.7. The number of aromatic nitrogens is 2. The zero-order valence-corrected chi connectivity index (χ0v) is 12.0. The molecule has 0 saturated heterocycles. The van der Waals surface area contributed by atoms with E-state index in [1.807, 2.05) is 0 Å². The second kappa shape index (κ2) is 5.69. The van der Waals surface area contributed by atoms with Crippen molar-refractivity contribution >= 4 is 28.3 Å². The van der Waals surface area contributed by atoms with Gasteiger partial charge in [-0.25, -0.2) is 9.37 Å². The van der Waals surface area contributed by atoms with Gasteiger partial charge in [-0.1, -0.05) is 11.6 Å². The fourth-order valence-electron chi connectivity index (χ4n) is 2.13. The topological polar surface area (TPSA) is 52.0 Å². The number of hydrogen-bond donors (Lipinski definition) is 0. The Kier molecular flexibility index (Phi) is 3.73. The molecule has 0 fully saturated rings. The van der Waals surface area contributed by atoms with E-state index in [9.17, 15) is 14.0 Å². The van der Waals surface area contributed by atoms with Gasteiger partial charge in [0, 0.05) is 10.6 Å². The van der Waals surface area contributed by atoms with Crippen molar-refractivity contribution in [1.82, 2.24) is 9.55 Å². The van der Waals surface area contributed by atoms with Crippen LogP contribution in [-0.2, 0) is 6.54 Å². The summed E-state index contributed by atoms with van der Waals surface area (Å²) in [7, 11) is 0. The van der Waals surface area contributed by atoms with E-state index in [1.54, 1.807) is 12.1 Å². The lowest BCUT2D eigenvalue weighted by Crippen LogP contribution is -2.24. The number of carbonyl (C=O) groups excluding carboxylic acids is 1. The fraction of sp³-hybridized carbons (Fsp3) is 0.0625. The van der Waals surface area contributed by atoms with Crippen LogP contribution in [0.1, 0.15) is 10.4 Å². The summed E-state index contributed by atoms with van der Waals surface area (Å²) in [4.78, 5) is 28.6. The predicted molar refractivity (Wildman–Crippen MR) is 81.7 cm³/mol. The normalized spacial score (nSPS) is 10.8. The highest BCUT2D eigenvalue weighted by Crippen LogP contribution is 2.14. The van der Waals surface area contributed by atoms with Gasteiger partial charge in [0.15, 0.2) is 5.78 Å². The van der Waals surface area contributed by atoms with Gasteiger partial charge in [-0.15, -0.1) is 0 Å². The summed E-state index contributed by atoms with van der Waals surface area (Å²) in [6, 6.07) is 9.98. The smallest absolute Gasteiger partial charge is 0.261 e. The Balaban J connectivity index is 1.97. The average molecular weight is 317 g/mol. The van der Waals surface area contributed by atoms with Crippen LogP contribution in [0.15, 0.2) is 53.6 Å². The number of ketones is 1. The molecule has 4 nitrogen and oxygen atoms in total. The lowest BCUT2D eigenvalue weighted by atomic mass is 10.1. The molecule has 6 heteroatoms. The zero-order valence-electron chi connectivity index (χ0n) is 11.3. The summed E-state index contributed by atoms with van der Waals surface area (Å²) in [5.74, 6) is -0.721. The largest absolute Gasteiger partial charge is 0.292 e. The first kappa shape index (κ1) is 14.4. The van der Waals surface area contributed by atoms with Crippen molar-refractivity contribution in [1.29, 1.82) is 0 Å². The van der Waals surface area contributed by atoms with Crippen molar-refractivity contribution in [3.63, 3.8) is 0 Å². The van der Waals surface area contributed by atoms with Gasteiger partial charge in [-0.2, -0.15) is 0 Å². The molecular formula is C16H10ClFN2O2. The number of nitrogens with zero attached hydrogens (tertiary/aromatic N) is 2. The van der Waals surface area contributed by atoms with Gasteiger partial charge >= 0.3 is 0 Å². The molecule has 0 saturated carbocycles. The minimum atomic E-state index is -0.421. The van der Waals surface area contributed by atoms with Gasteiger partial charge in [0.25, 0.3) is 5.56 Å². The van der Waals surface area contributed by atoms with E-state index in [-0.39, 0.29) is 17.9 Å². The molecule has 1 heterocycles. The number of benzene rings is 2. The molecule has 3 rings (SSSR count). The molecule has 0 N–H and O–H groups in total. The van der Waals surface area contributed by atoms with Crippen molar-refractivity contribution in [3.05, 3.63) is 75.5 Å². The third kappa shape index (κ3) is 2.76. The highest BCUT2D eigenvalue weighted by atomic mass is 35.5. The molecule has 1 aromatic heterocycles. The summed E-state index contributed by atoms with van der Waals surface area (Å²) in [6.07, 6.45) is 1.32. The van der Waals surface area contributed by atoms with Crippen LogP contribution in [0.5, 0.6) is 0 Å². The molecule has 0 atom stereocenters. The van der Waals surface area contributed by atoms with Crippen LogP contribution in [0.3, 0.4) is 0 Å². The first-order valence-electron chi connectivity index (χ1n) is 6.48. The van der Waals surface area contributed by atoms with Crippen LogP contribution in [0.2, 0.25) is 5.02 Å². The third-order valence-electron chi connectivity index (χ3n) is 3.27. The van der Waals surface area contributed by atoms with Crippen LogP contribution >= 0.6 is 11.6 Å². The van der Waals surface area contributed by atoms with E-state index < -0.39 is 5.82 Å². The van der Waals surface area contributed by atoms with Gasteiger partial charge in [0.1, 0.15) is 5.82 Å². The van der Waals surface area contributed by atoms with E-state index in [0.29, 0.717) is 21.5 Å². The van der Waals surface area contributed by atoms with Gasteiger partial charge in [-0.05, 0) is 42.5 Å². The Morgan fingerprint density at radius 2 is 1.91 bits per heavy atom. The van der Waals surface area contributed by atoms with E-state index >= 15 is 0 Å². The second-order valence-corrected chi connectivity index (χ2v) is 5.21.